The van der Waals surface area contributed by atoms with Gasteiger partial charge in [0, 0.05) is 37.9 Å². The van der Waals surface area contributed by atoms with Crippen LogP contribution in [0.5, 0.6) is 5.75 Å². The maximum absolute atomic E-state index is 13.0. The number of aromatic nitrogens is 2. The first-order valence-corrected chi connectivity index (χ1v) is 10.5. The van der Waals surface area contributed by atoms with Gasteiger partial charge in [0.15, 0.2) is 0 Å². The van der Waals surface area contributed by atoms with E-state index < -0.39 is 0 Å². The van der Waals surface area contributed by atoms with Crippen molar-refractivity contribution in [3.63, 3.8) is 0 Å². The molecule has 1 aliphatic carbocycles. The second-order valence-corrected chi connectivity index (χ2v) is 8.66. The number of piperidine rings is 1. The first-order valence-electron chi connectivity index (χ1n) is 10.5. The lowest BCUT2D eigenvalue weighted by Crippen LogP contribution is -2.47. The van der Waals surface area contributed by atoms with E-state index in [0.29, 0.717) is 12.3 Å². The van der Waals surface area contributed by atoms with E-state index in [0.717, 1.165) is 48.7 Å². The Kier molecular flexibility index (Phi) is 4.59. The Bertz CT molecular complexity index is 915. The minimum atomic E-state index is -0.0590. The van der Waals surface area contributed by atoms with Crippen LogP contribution in [0.2, 0.25) is 0 Å². The summed E-state index contributed by atoms with van der Waals surface area (Å²) in [5.41, 5.74) is 2.40. The van der Waals surface area contributed by atoms with Gasteiger partial charge < -0.3 is 14.7 Å². The SMILES string of the molecule is Cc1cc(-c2cn(C(=O)N(C)C3CCN(C4OC4C4CC4)CC3)cn2)ccc1O. The summed E-state index contributed by atoms with van der Waals surface area (Å²) in [6.07, 6.45) is 8.73. The van der Waals surface area contributed by atoms with Crippen LogP contribution in [0.15, 0.2) is 30.7 Å². The fraction of sp³-hybridized carbons (Fsp3) is 0.545. The van der Waals surface area contributed by atoms with Gasteiger partial charge in [0.25, 0.3) is 0 Å². The number of nitrogens with zero attached hydrogens (tertiary/aromatic N) is 4. The molecule has 2 saturated heterocycles. The number of ether oxygens (including phenoxy) is 1. The monoisotopic (exact) mass is 396 g/mol. The largest absolute Gasteiger partial charge is 0.508 e. The molecule has 3 fully saturated rings. The van der Waals surface area contributed by atoms with Crippen molar-refractivity contribution in [1.82, 2.24) is 19.4 Å². The Balaban J connectivity index is 1.19. The maximum Gasteiger partial charge on any atom is 0.329 e. The molecule has 1 aromatic carbocycles. The van der Waals surface area contributed by atoms with Gasteiger partial charge in [-0.3, -0.25) is 9.47 Å². The Hall–Kier alpha value is -2.38. The highest BCUT2D eigenvalue weighted by atomic mass is 16.6. The second-order valence-electron chi connectivity index (χ2n) is 8.66. The highest BCUT2D eigenvalue weighted by Crippen LogP contribution is 2.46. The first-order chi connectivity index (χ1) is 14.0. The number of amides is 1. The zero-order valence-corrected chi connectivity index (χ0v) is 17.0. The maximum atomic E-state index is 13.0. The van der Waals surface area contributed by atoms with E-state index in [2.05, 4.69) is 9.88 Å². The van der Waals surface area contributed by atoms with Crippen LogP contribution in [0, 0.1) is 12.8 Å². The summed E-state index contributed by atoms with van der Waals surface area (Å²) in [7, 11) is 1.88. The third kappa shape index (κ3) is 3.65. The predicted molar refractivity (Wildman–Crippen MR) is 109 cm³/mol. The molecule has 2 aliphatic heterocycles. The number of aromatic hydroxyl groups is 1. The van der Waals surface area contributed by atoms with Crippen molar-refractivity contribution in [2.75, 3.05) is 20.1 Å². The molecule has 0 spiro atoms. The summed E-state index contributed by atoms with van der Waals surface area (Å²) in [5.74, 6) is 1.06. The van der Waals surface area contributed by atoms with Gasteiger partial charge in [-0.25, -0.2) is 9.78 Å². The van der Waals surface area contributed by atoms with E-state index in [4.69, 9.17) is 4.74 Å². The molecule has 0 bridgehead atoms. The molecule has 29 heavy (non-hydrogen) atoms. The van der Waals surface area contributed by atoms with Crippen LogP contribution in [-0.4, -0.2) is 69.0 Å². The normalized spacial score (nSPS) is 25.2. The molecule has 1 aromatic heterocycles. The number of aryl methyl sites for hydroxylation is 1. The number of carbonyl (C=O) groups excluding carboxylic acids is 1. The highest BCUT2D eigenvalue weighted by Gasteiger charge is 2.52. The molecule has 7 nitrogen and oxygen atoms in total. The van der Waals surface area contributed by atoms with Crippen molar-refractivity contribution in [2.24, 2.45) is 5.92 Å². The lowest BCUT2D eigenvalue weighted by atomic mass is 10.0. The molecule has 3 aliphatic rings. The summed E-state index contributed by atoms with van der Waals surface area (Å²) in [6.45, 7) is 3.82. The average Bonchev–Trinajstić information content (AvgIpc) is 3.65. The van der Waals surface area contributed by atoms with Gasteiger partial charge in [-0.15, -0.1) is 0 Å². The molecule has 7 heteroatoms. The third-order valence-corrected chi connectivity index (χ3v) is 6.59. The average molecular weight is 396 g/mol. The van der Waals surface area contributed by atoms with E-state index in [1.54, 1.807) is 23.2 Å². The van der Waals surface area contributed by atoms with Crippen LogP contribution < -0.4 is 0 Å². The van der Waals surface area contributed by atoms with Gasteiger partial charge in [-0.05, 0) is 62.3 Å². The molecule has 2 unspecified atom stereocenters. The van der Waals surface area contributed by atoms with Gasteiger partial charge >= 0.3 is 6.03 Å². The fourth-order valence-corrected chi connectivity index (χ4v) is 4.44. The summed E-state index contributed by atoms with van der Waals surface area (Å²) in [5, 5.41) is 9.70. The number of imidazole rings is 1. The van der Waals surface area contributed by atoms with Gasteiger partial charge in [-0.2, -0.15) is 0 Å². The number of phenols is 1. The van der Waals surface area contributed by atoms with E-state index in [1.165, 1.54) is 12.8 Å². The zero-order chi connectivity index (χ0) is 20.1. The number of hydrogen-bond acceptors (Lipinski definition) is 5. The van der Waals surface area contributed by atoms with Crippen LogP contribution in [0.1, 0.15) is 31.2 Å². The number of phenolic OH excluding ortho intramolecular Hbond substituents is 1. The van der Waals surface area contributed by atoms with Crippen molar-refractivity contribution < 1.29 is 14.6 Å². The minimum absolute atomic E-state index is 0.0590. The standard InChI is InChI=1S/C22H28N4O3/c1-14-11-16(5-6-19(14)27)18-12-26(13-23-18)22(28)24(2)17-7-9-25(10-8-17)21-20(29-21)15-3-4-15/h5-6,11-13,15,17,20-21,27H,3-4,7-10H2,1-2H3. The molecule has 2 aromatic rings. The summed E-state index contributed by atoms with van der Waals surface area (Å²) < 4.78 is 7.42. The van der Waals surface area contributed by atoms with Gasteiger partial charge in [0.2, 0.25) is 0 Å². The van der Waals surface area contributed by atoms with Crippen molar-refractivity contribution in [3.05, 3.63) is 36.3 Å². The highest BCUT2D eigenvalue weighted by molar-refractivity contribution is 5.78. The molecule has 1 saturated carbocycles. The summed E-state index contributed by atoms with van der Waals surface area (Å²) >= 11 is 0. The molecule has 1 N–H and O–H groups in total. The van der Waals surface area contributed by atoms with E-state index in [9.17, 15) is 9.90 Å². The predicted octanol–water partition coefficient (Wildman–Crippen LogP) is 3.06. The lowest BCUT2D eigenvalue weighted by molar-refractivity contribution is 0.102. The van der Waals surface area contributed by atoms with E-state index in [1.807, 2.05) is 31.0 Å². The number of epoxide rings is 1. The number of likely N-dealkylation sites (tertiary alicyclic amines) is 1. The number of carbonyl (C=O) groups is 1. The van der Waals surface area contributed by atoms with Crippen LogP contribution >= 0.6 is 0 Å². The van der Waals surface area contributed by atoms with E-state index >= 15 is 0 Å². The van der Waals surface area contributed by atoms with Crippen molar-refractivity contribution in [1.29, 1.82) is 0 Å². The molecule has 2 atom stereocenters. The zero-order valence-electron chi connectivity index (χ0n) is 17.0. The molecule has 0 radical (unpaired) electrons. The minimum Gasteiger partial charge on any atom is -0.508 e. The van der Waals surface area contributed by atoms with Crippen molar-refractivity contribution >= 4 is 6.03 Å². The first kappa shape index (κ1) is 18.6. The number of rotatable bonds is 4. The van der Waals surface area contributed by atoms with Crippen LogP contribution in [0.3, 0.4) is 0 Å². The molecular formula is C22H28N4O3. The fourth-order valence-electron chi connectivity index (χ4n) is 4.44. The van der Waals surface area contributed by atoms with Gasteiger partial charge in [-0.1, -0.05) is 0 Å². The lowest BCUT2D eigenvalue weighted by Gasteiger charge is -2.36. The van der Waals surface area contributed by atoms with Gasteiger partial charge in [0.05, 0.1) is 5.69 Å². The third-order valence-electron chi connectivity index (χ3n) is 6.59. The molecule has 3 heterocycles. The Labute approximate surface area is 170 Å². The number of benzene rings is 1. The Morgan fingerprint density at radius 3 is 2.69 bits per heavy atom. The molecular weight excluding hydrogens is 368 g/mol. The topological polar surface area (TPSA) is 74.1 Å². The van der Waals surface area contributed by atoms with E-state index in [-0.39, 0.29) is 17.8 Å². The van der Waals surface area contributed by atoms with Gasteiger partial charge in [0.1, 0.15) is 24.4 Å². The number of hydrogen-bond donors (Lipinski definition) is 1. The smallest absolute Gasteiger partial charge is 0.329 e. The molecule has 5 rings (SSSR count). The molecule has 1 amide bonds. The second kappa shape index (κ2) is 7.15. The Morgan fingerprint density at radius 1 is 1.24 bits per heavy atom. The summed E-state index contributed by atoms with van der Waals surface area (Å²) in [4.78, 5) is 21.6. The quantitative estimate of drug-likeness (QED) is 0.804. The Morgan fingerprint density at radius 2 is 2.00 bits per heavy atom. The summed E-state index contributed by atoms with van der Waals surface area (Å²) in [6, 6.07) is 5.52. The van der Waals surface area contributed by atoms with Crippen LogP contribution in [0.4, 0.5) is 4.79 Å². The van der Waals surface area contributed by atoms with Crippen molar-refractivity contribution in [2.45, 2.75) is 51.0 Å². The van der Waals surface area contributed by atoms with Crippen LogP contribution in [0.25, 0.3) is 11.3 Å². The van der Waals surface area contributed by atoms with Crippen molar-refractivity contribution in [3.8, 4) is 17.0 Å². The molecule has 154 valence electrons. The van der Waals surface area contributed by atoms with Crippen LogP contribution in [-0.2, 0) is 4.74 Å².